The van der Waals surface area contributed by atoms with Gasteiger partial charge in [-0.3, -0.25) is 4.79 Å². The molecule has 1 unspecified atom stereocenters. The molecule has 1 atom stereocenters. The Morgan fingerprint density at radius 3 is 3.33 bits per heavy atom. The topological polar surface area (TPSA) is 66.9 Å². The second kappa shape index (κ2) is 5.18. The Morgan fingerprint density at radius 2 is 2.67 bits per heavy atom. The Hall–Kier alpha value is -1.01. The fourth-order valence-corrected chi connectivity index (χ4v) is 2.10. The Bertz CT molecular complexity index is 308. The first-order valence-electron chi connectivity index (χ1n) is 5.13. The van der Waals surface area contributed by atoms with E-state index in [2.05, 4.69) is 19.4 Å². The quantitative estimate of drug-likeness (QED) is 0.776. The third-order valence-electron chi connectivity index (χ3n) is 2.54. The molecule has 82 valence electrons. The molecule has 1 aliphatic rings. The van der Waals surface area contributed by atoms with Crippen molar-refractivity contribution in [3.8, 4) is 0 Å². The average Bonchev–Trinajstić information content (AvgIpc) is 2.81. The first-order chi connectivity index (χ1) is 7.36. The number of hydrogen-bond donors (Lipinski definition) is 2. The lowest BCUT2D eigenvalue weighted by Gasteiger charge is -2.22. The van der Waals surface area contributed by atoms with Crippen molar-refractivity contribution < 1.29 is 4.79 Å². The van der Waals surface area contributed by atoms with Crippen molar-refractivity contribution in [2.75, 3.05) is 19.6 Å². The minimum absolute atomic E-state index is 0.116. The third-order valence-corrected chi connectivity index (χ3v) is 3.02. The number of amides is 1. The minimum Gasteiger partial charge on any atom is -0.350 e. The van der Waals surface area contributed by atoms with Gasteiger partial charge in [0.2, 0.25) is 0 Å². The van der Waals surface area contributed by atoms with Crippen molar-refractivity contribution in [1.29, 1.82) is 0 Å². The summed E-state index contributed by atoms with van der Waals surface area (Å²) in [5, 5.41) is 6.20. The van der Waals surface area contributed by atoms with Crippen molar-refractivity contribution in [2.45, 2.75) is 12.8 Å². The molecule has 15 heavy (non-hydrogen) atoms. The van der Waals surface area contributed by atoms with E-state index in [0.717, 1.165) is 31.4 Å². The van der Waals surface area contributed by atoms with Gasteiger partial charge in [0.05, 0.1) is 17.9 Å². The van der Waals surface area contributed by atoms with Gasteiger partial charge in [-0.2, -0.15) is 8.75 Å². The summed E-state index contributed by atoms with van der Waals surface area (Å²) < 4.78 is 7.68. The van der Waals surface area contributed by atoms with E-state index in [0.29, 0.717) is 11.6 Å². The summed E-state index contributed by atoms with van der Waals surface area (Å²) in [6.07, 6.45) is 3.88. The predicted molar refractivity (Wildman–Crippen MR) is 57.8 cm³/mol. The molecule has 1 aliphatic heterocycles. The normalized spacial score (nSPS) is 21.2. The number of carbonyl (C=O) groups excluding carboxylic acids is 1. The highest BCUT2D eigenvalue weighted by Gasteiger charge is 2.15. The molecule has 6 heteroatoms. The molecule has 2 rings (SSSR count). The third kappa shape index (κ3) is 2.97. The van der Waals surface area contributed by atoms with Crippen LogP contribution in [0.15, 0.2) is 6.20 Å². The fourth-order valence-electron chi connectivity index (χ4n) is 1.69. The Morgan fingerprint density at radius 1 is 1.73 bits per heavy atom. The molecule has 0 spiro atoms. The van der Waals surface area contributed by atoms with Gasteiger partial charge in [0.15, 0.2) is 5.69 Å². The highest BCUT2D eigenvalue weighted by atomic mass is 32.1. The van der Waals surface area contributed by atoms with Crippen molar-refractivity contribution in [1.82, 2.24) is 19.4 Å². The summed E-state index contributed by atoms with van der Waals surface area (Å²) in [7, 11) is 0. The van der Waals surface area contributed by atoms with Crippen LogP contribution in [-0.4, -0.2) is 34.3 Å². The van der Waals surface area contributed by atoms with Gasteiger partial charge < -0.3 is 10.6 Å². The van der Waals surface area contributed by atoms with E-state index >= 15 is 0 Å². The second-order valence-corrected chi connectivity index (χ2v) is 4.27. The number of carbonyl (C=O) groups is 1. The Labute approximate surface area is 92.6 Å². The summed E-state index contributed by atoms with van der Waals surface area (Å²) in [5.74, 6) is 0.434. The van der Waals surface area contributed by atoms with Crippen molar-refractivity contribution in [3.63, 3.8) is 0 Å². The molecule has 1 aromatic rings. The van der Waals surface area contributed by atoms with Gasteiger partial charge in [-0.1, -0.05) is 0 Å². The van der Waals surface area contributed by atoms with Gasteiger partial charge >= 0.3 is 0 Å². The van der Waals surface area contributed by atoms with Gasteiger partial charge in [0.25, 0.3) is 5.91 Å². The average molecular weight is 226 g/mol. The van der Waals surface area contributed by atoms with Crippen LogP contribution in [-0.2, 0) is 0 Å². The molecule has 1 saturated heterocycles. The van der Waals surface area contributed by atoms with Crippen LogP contribution >= 0.6 is 11.7 Å². The number of piperidine rings is 1. The smallest absolute Gasteiger partial charge is 0.272 e. The van der Waals surface area contributed by atoms with Gasteiger partial charge in [-0.25, -0.2) is 0 Å². The molecule has 0 saturated carbocycles. The highest BCUT2D eigenvalue weighted by molar-refractivity contribution is 6.99. The second-order valence-electron chi connectivity index (χ2n) is 3.72. The molecule has 2 N–H and O–H groups in total. The Kier molecular flexibility index (Phi) is 3.63. The maximum atomic E-state index is 11.5. The van der Waals surface area contributed by atoms with E-state index in [1.807, 2.05) is 0 Å². The molecular weight excluding hydrogens is 212 g/mol. The summed E-state index contributed by atoms with van der Waals surface area (Å²) in [6.45, 7) is 2.82. The van der Waals surface area contributed by atoms with Crippen LogP contribution in [0.5, 0.6) is 0 Å². The zero-order valence-corrected chi connectivity index (χ0v) is 9.22. The number of nitrogens with zero attached hydrogens (tertiary/aromatic N) is 2. The monoisotopic (exact) mass is 226 g/mol. The molecule has 2 heterocycles. The van der Waals surface area contributed by atoms with E-state index in [4.69, 9.17) is 0 Å². The highest BCUT2D eigenvalue weighted by Crippen LogP contribution is 2.08. The van der Waals surface area contributed by atoms with Crippen LogP contribution in [0.3, 0.4) is 0 Å². The van der Waals surface area contributed by atoms with E-state index < -0.39 is 0 Å². The number of aromatic nitrogens is 2. The first kappa shape index (κ1) is 10.5. The Balaban J connectivity index is 1.75. The van der Waals surface area contributed by atoms with Crippen LogP contribution in [0.25, 0.3) is 0 Å². The molecule has 0 aromatic carbocycles. The number of nitrogens with one attached hydrogen (secondary N) is 2. The van der Waals surface area contributed by atoms with Crippen molar-refractivity contribution >= 4 is 17.6 Å². The molecule has 1 aromatic heterocycles. The predicted octanol–water partition coefficient (Wildman–Crippen LogP) is 0.267. The summed E-state index contributed by atoms with van der Waals surface area (Å²) in [4.78, 5) is 11.5. The van der Waals surface area contributed by atoms with Crippen LogP contribution in [0, 0.1) is 5.92 Å². The van der Waals surface area contributed by atoms with E-state index in [1.165, 1.54) is 19.0 Å². The zero-order chi connectivity index (χ0) is 10.5. The molecule has 0 aliphatic carbocycles. The molecular formula is C9H14N4OS. The molecule has 1 amide bonds. The summed E-state index contributed by atoms with van der Waals surface area (Å²) in [5.41, 5.74) is 0.420. The van der Waals surface area contributed by atoms with Crippen molar-refractivity contribution in [2.24, 2.45) is 5.92 Å². The van der Waals surface area contributed by atoms with E-state index in [-0.39, 0.29) is 5.91 Å². The summed E-state index contributed by atoms with van der Waals surface area (Å²) in [6, 6.07) is 0. The molecule has 0 bridgehead atoms. The largest absolute Gasteiger partial charge is 0.350 e. The maximum Gasteiger partial charge on any atom is 0.272 e. The van der Waals surface area contributed by atoms with Crippen LogP contribution in [0.4, 0.5) is 0 Å². The maximum absolute atomic E-state index is 11.5. The first-order valence-corrected chi connectivity index (χ1v) is 5.86. The van der Waals surface area contributed by atoms with Gasteiger partial charge in [-0.05, 0) is 31.8 Å². The number of hydrogen-bond acceptors (Lipinski definition) is 5. The number of rotatable bonds is 3. The lowest BCUT2D eigenvalue weighted by atomic mass is 10.00. The van der Waals surface area contributed by atoms with Gasteiger partial charge in [0, 0.05) is 6.54 Å². The van der Waals surface area contributed by atoms with Crippen LogP contribution < -0.4 is 10.6 Å². The standard InChI is InChI=1S/C9H14N4OS/c14-9(8-6-12-15-13-8)11-5-7-2-1-3-10-4-7/h6-7,10H,1-5H2,(H,11,14). The van der Waals surface area contributed by atoms with Crippen LogP contribution in [0.1, 0.15) is 23.3 Å². The molecule has 0 radical (unpaired) electrons. The van der Waals surface area contributed by atoms with Gasteiger partial charge in [0.1, 0.15) is 0 Å². The molecule has 5 nitrogen and oxygen atoms in total. The molecule has 1 fully saturated rings. The SMILES string of the molecule is O=C(NCC1CCCNC1)c1cnsn1. The lowest BCUT2D eigenvalue weighted by molar-refractivity contribution is 0.0941. The van der Waals surface area contributed by atoms with Crippen molar-refractivity contribution in [3.05, 3.63) is 11.9 Å². The van der Waals surface area contributed by atoms with Gasteiger partial charge in [-0.15, -0.1) is 0 Å². The minimum atomic E-state index is -0.116. The van der Waals surface area contributed by atoms with Crippen LogP contribution in [0.2, 0.25) is 0 Å². The van der Waals surface area contributed by atoms with E-state index in [1.54, 1.807) is 0 Å². The zero-order valence-electron chi connectivity index (χ0n) is 8.40. The lowest BCUT2D eigenvalue weighted by Crippen LogP contribution is -2.38. The fraction of sp³-hybridized carbons (Fsp3) is 0.667. The summed E-state index contributed by atoms with van der Waals surface area (Å²) >= 11 is 1.06. The van der Waals surface area contributed by atoms with E-state index in [9.17, 15) is 4.79 Å².